The Labute approximate surface area is 150 Å². The van der Waals surface area contributed by atoms with Gasteiger partial charge >= 0.3 is 0 Å². The summed E-state index contributed by atoms with van der Waals surface area (Å²) in [6.07, 6.45) is -0.0899. The van der Waals surface area contributed by atoms with Crippen LogP contribution in [0, 0.1) is 18.3 Å². The van der Waals surface area contributed by atoms with E-state index in [4.69, 9.17) is 4.74 Å². The fraction of sp³-hybridized carbons (Fsp3) is 0.333. The van der Waals surface area contributed by atoms with Crippen LogP contribution in [0.1, 0.15) is 35.6 Å². The molecule has 8 nitrogen and oxygen atoms in total. The van der Waals surface area contributed by atoms with E-state index in [0.29, 0.717) is 41.6 Å². The lowest BCUT2D eigenvalue weighted by Gasteiger charge is -2.23. The molecule has 3 heterocycles. The van der Waals surface area contributed by atoms with Gasteiger partial charge in [0.25, 0.3) is 5.91 Å². The van der Waals surface area contributed by atoms with Gasteiger partial charge in [0.15, 0.2) is 0 Å². The molecule has 1 atom stereocenters. The van der Waals surface area contributed by atoms with E-state index in [1.807, 2.05) is 25.3 Å². The predicted molar refractivity (Wildman–Crippen MR) is 95.1 cm³/mol. The Hall–Kier alpha value is -3.34. The molecule has 1 aliphatic heterocycles. The van der Waals surface area contributed by atoms with Crippen molar-refractivity contribution in [3.8, 4) is 11.8 Å². The summed E-state index contributed by atoms with van der Waals surface area (Å²) in [5.74, 6) is 0.790. The normalized spacial score (nSPS) is 15.5. The van der Waals surface area contributed by atoms with Gasteiger partial charge in [-0.15, -0.1) is 0 Å². The first-order chi connectivity index (χ1) is 12.5. The minimum Gasteiger partial charge on any atom is -0.487 e. The molecule has 0 saturated heterocycles. The van der Waals surface area contributed by atoms with Crippen LogP contribution in [0.2, 0.25) is 0 Å². The highest BCUT2D eigenvalue weighted by Crippen LogP contribution is 2.34. The van der Waals surface area contributed by atoms with Gasteiger partial charge in [-0.25, -0.2) is 4.98 Å². The summed E-state index contributed by atoms with van der Waals surface area (Å²) in [7, 11) is 0. The molecule has 8 heteroatoms. The van der Waals surface area contributed by atoms with Crippen molar-refractivity contribution in [1.29, 1.82) is 5.26 Å². The number of benzene rings is 1. The second kappa shape index (κ2) is 5.88. The molecule has 26 heavy (non-hydrogen) atoms. The molecule has 0 bridgehead atoms. The first-order valence-electron chi connectivity index (χ1n) is 8.47. The van der Waals surface area contributed by atoms with E-state index < -0.39 is 0 Å². The summed E-state index contributed by atoms with van der Waals surface area (Å²) < 4.78 is 9.44. The van der Waals surface area contributed by atoms with Crippen LogP contribution in [0.4, 0.5) is 5.95 Å². The average Bonchev–Trinajstić information content (AvgIpc) is 3.15. The van der Waals surface area contributed by atoms with Crippen LogP contribution in [0.15, 0.2) is 18.2 Å². The molecule has 0 aliphatic carbocycles. The SMILES string of the molecule is CCn1nc(C)cc1C(=O)Nc1nc2cc(C#N)cc3c2n1C[C@@H](C)O3. The summed E-state index contributed by atoms with van der Waals surface area (Å²) in [6.45, 7) is 6.90. The Morgan fingerprint density at radius 1 is 1.46 bits per heavy atom. The molecule has 0 radical (unpaired) electrons. The zero-order valence-electron chi connectivity index (χ0n) is 14.8. The van der Waals surface area contributed by atoms with Gasteiger partial charge in [0.1, 0.15) is 23.1 Å². The fourth-order valence-corrected chi connectivity index (χ4v) is 3.30. The number of ether oxygens (including phenoxy) is 1. The van der Waals surface area contributed by atoms with Gasteiger partial charge in [-0.1, -0.05) is 0 Å². The van der Waals surface area contributed by atoms with Gasteiger partial charge < -0.3 is 9.30 Å². The van der Waals surface area contributed by atoms with Crippen molar-refractivity contribution in [2.75, 3.05) is 5.32 Å². The number of imidazole rings is 1. The Morgan fingerprint density at radius 3 is 3.00 bits per heavy atom. The van der Waals surface area contributed by atoms with Crippen LogP contribution in [0.3, 0.4) is 0 Å². The monoisotopic (exact) mass is 350 g/mol. The molecule has 2 aromatic heterocycles. The van der Waals surface area contributed by atoms with Crippen molar-refractivity contribution >= 4 is 22.9 Å². The van der Waals surface area contributed by atoms with Crippen LogP contribution in [0.25, 0.3) is 11.0 Å². The molecule has 4 rings (SSSR count). The van der Waals surface area contributed by atoms with E-state index in [9.17, 15) is 10.1 Å². The Morgan fingerprint density at radius 2 is 2.27 bits per heavy atom. The molecular formula is C18H18N6O2. The summed E-state index contributed by atoms with van der Waals surface area (Å²) in [5, 5.41) is 16.4. The number of carbonyl (C=O) groups is 1. The lowest BCUT2D eigenvalue weighted by Crippen LogP contribution is -2.26. The summed E-state index contributed by atoms with van der Waals surface area (Å²) in [5.41, 5.74) is 3.17. The number of nitrogens with zero attached hydrogens (tertiary/aromatic N) is 5. The largest absolute Gasteiger partial charge is 0.487 e. The van der Waals surface area contributed by atoms with Crippen molar-refractivity contribution in [3.63, 3.8) is 0 Å². The molecule has 132 valence electrons. The van der Waals surface area contributed by atoms with Crippen LogP contribution < -0.4 is 10.1 Å². The highest BCUT2D eigenvalue weighted by molar-refractivity contribution is 6.03. The number of nitrogens with one attached hydrogen (secondary N) is 1. The maximum atomic E-state index is 12.8. The molecule has 1 amide bonds. The maximum absolute atomic E-state index is 12.8. The van der Waals surface area contributed by atoms with Crippen LogP contribution in [0.5, 0.6) is 5.75 Å². The molecular weight excluding hydrogens is 332 g/mol. The van der Waals surface area contributed by atoms with E-state index in [1.54, 1.807) is 22.9 Å². The molecule has 0 unspecified atom stereocenters. The number of anilines is 1. The van der Waals surface area contributed by atoms with Crippen molar-refractivity contribution < 1.29 is 9.53 Å². The third kappa shape index (κ3) is 2.49. The predicted octanol–water partition coefficient (Wildman–Crippen LogP) is 2.47. The Balaban J connectivity index is 1.78. The van der Waals surface area contributed by atoms with E-state index in [1.165, 1.54) is 0 Å². The van der Waals surface area contributed by atoms with Gasteiger partial charge in [0, 0.05) is 12.6 Å². The number of nitriles is 1. The fourth-order valence-electron chi connectivity index (χ4n) is 3.30. The molecule has 0 saturated carbocycles. The van der Waals surface area contributed by atoms with E-state index in [2.05, 4.69) is 21.5 Å². The second-order valence-electron chi connectivity index (χ2n) is 6.37. The average molecular weight is 350 g/mol. The maximum Gasteiger partial charge on any atom is 0.276 e. The smallest absolute Gasteiger partial charge is 0.276 e. The minimum atomic E-state index is -0.264. The molecule has 3 aromatic rings. The number of aromatic nitrogens is 4. The molecule has 1 aliphatic rings. The zero-order valence-corrected chi connectivity index (χ0v) is 14.8. The van der Waals surface area contributed by atoms with Crippen molar-refractivity contribution in [1.82, 2.24) is 19.3 Å². The van der Waals surface area contributed by atoms with Gasteiger partial charge in [-0.05, 0) is 32.9 Å². The standard InChI is InChI=1S/C18H18N6O2/c1-4-24-14(5-10(2)22-24)17(25)21-18-20-13-6-12(8-19)7-15-16(13)23(18)9-11(3)26-15/h5-7,11H,4,9H2,1-3H3,(H,20,21,25)/t11-/m1/s1. The molecule has 1 aromatic carbocycles. The van der Waals surface area contributed by atoms with Gasteiger partial charge in [-0.3, -0.25) is 14.8 Å². The first-order valence-corrected chi connectivity index (χ1v) is 8.47. The first kappa shape index (κ1) is 16.1. The lowest BCUT2D eigenvalue weighted by atomic mass is 10.1. The van der Waals surface area contributed by atoms with Crippen LogP contribution >= 0.6 is 0 Å². The van der Waals surface area contributed by atoms with E-state index in [-0.39, 0.29) is 12.0 Å². The highest BCUT2D eigenvalue weighted by Gasteiger charge is 2.25. The number of aryl methyl sites for hydroxylation is 2. The topological polar surface area (TPSA) is 97.8 Å². The number of hydrogen-bond acceptors (Lipinski definition) is 5. The number of hydrogen-bond donors (Lipinski definition) is 1. The van der Waals surface area contributed by atoms with Gasteiger partial charge in [0.2, 0.25) is 5.95 Å². The summed E-state index contributed by atoms with van der Waals surface area (Å²) in [4.78, 5) is 17.3. The highest BCUT2D eigenvalue weighted by atomic mass is 16.5. The number of amides is 1. The quantitative estimate of drug-likeness (QED) is 0.782. The Bertz CT molecular complexity index is 1070. The second-order valence-corrected chi connectivity index (χ2v) is 6.37. The number of carbonyl (C=O) groups excluding carboxylic acids is 1. The van der Waals surface area contributed by atoms with Crippen LogP contribution in [-0.4, -0.2) is 31.3 Å². The zero-order chi connectivity index (χ0) is 18.4. The van der Waals surface area contributed by atoms with Crippen molar-refractivity contribution in [2.45, 2.75) is 40.0 Å². The van der Waals surface area contributed by atoms with E-state index >= 15 is 0 Å². The summed E-state index contributed by atoms with van der Waals surface area (Å²) in [6, 6.07) is 7.28. The lowest BCUT2D eigenvalue weighted by molar-refractivity contribution is 0.101. The molecule has 1 N–H and O–H groups in total. The Kier molecular flexibility index (Phi) is 3.65. The van der Waals surface area contributed by atoms with Gasteiger partial charge in [0.05, 0.1) is 29.4 Å². The minimum absolute atomic E-state index is 0.0899. The third-order valence-corrected chi connectivity index (χ3v) is 4.36. The summed E-state index contributed by atoms with van der Waals surface area (Å²) >= 11 is 0. The van der Waals surface area contributed by atoms with Crippen molar-refractivity contribution in [2.24, 2.45) is 0 Å². The van der Waals surface area contributed by atoms with Crippen molar-refractivity contribution in [3.05, 3.63) is 35.2 Å². The third-order valence-electron chi connectivity index (χ3n) is 4.36. The van der Waals surface area contributed by atoms with Crippen LogP contribution in [-0.2, 0) is 13.1 Å². The number of rotatable bonds is 3. The molecule has 0 fully saturated rings. The molecule has 0 spiro atoms. The van der Waals surface area contributed by atoms with Gasteiger partial charge in [-0.2, -0.15) is 10.4 Å². The van der Waals surface area contributed by atoms with E-state index in [0.717, 1.165) is 11.2 Å².